The number of anilines is 1. The minimum absolute atomic E-state index is 0.469. The summed E-state index contributed by atoms with van der Waals surface area (Å²) in [7, 11) is 1.87. The van der Waals surface area contributed by atoms with Crippen molar-refractivity contribution in [2.75, 3.05) is 5.73 Å². The lowest BCUT2D eigenvalue weighted by Crippen LogP contribution is -1.98. The molecule has 0 radical (unpaired) electrons. The average molecular weight is 291 g/mol. The Morgan fingerprint density at radius 2 is 1.95 bits per heavy atom. The minimum atomic E-state index is 0.469. The van der Waals surface area contributed by atoms with Crippen LogP contribution in [0.4, 0.5) is 5.82 Å². The molecule has 0 saturated carbocycles. The molecule has 2 N–H and O–H groups in total. The summed E-state index contributed by atoms with van der Waals surface area (Å²) in [5.41, 5.74) is 9.47. The third-order valence-electron chi connectivity index (χ3n) is 3.55. The molecule has 0 unspecified atom stereocenters. The topological polar surface area (TPSA) is 87.4 Å². The summed E-state index contributed by atoms with van der Waals surface area (Å²) in [6.45, 7) is 0. The molecule has 0 fully saturated rings. The molecule has 0 bridgehead atoms. The van der Waals surface area contributed by atoms with E-state index in [-0.39, 0.29) is 0 Å². The second-order valence-corrected chi connectivity index (χ2v) is 4.98. The number of aromatic nitrogens is 6. The summed E-state index contributed by atoms with van der Waals surface area (Å²) >= 11 is 0. The van der Waals surface area contributed by atoms with E-state index in [9.17, 15) is 0 Å². The quantitative estimate of drug-likeness (QED) is 0.608. The number of nitrogens with two attached hydrogens (primary N) is 1. The molecule has 3 heterocycles. The number of hydrogen-bond donors (Lipinski definition) is 1. The SMILES string of the molecule is Cn1nnc2cc(-n3ccnc3-c3ccnc(N)c3)ccc21. The van der Waals surface area contributed by atoms with Gasteiger partial charge in [-0.25, -0.2) is 14.6 Å². The first-order valence-corrected chi connectivity index (χ1v) is 6.77. The Balaban J connectivity index is 1.87. The Morgan fingerprint density at radius 3 is 2.82 bits per heavy atom. The first kappa shape index (κ1) is 12.5. The second-order valence-electron chi connectivity index (χ2n) is 4.98. The highest BCUT2D eigenvalue weighted by Crippen LogP contribution is 2.24. The van der Waals surface area contributed by atoms with E-state index in [4.69, 9.17) is 5.73 Å². The van der Waals surface area contributed by atoms with Gasteiger partial charge in [0, 0.05) is 36.9 Å². The summed E-state index contributed by atoms with van der Waals surface area (Å²) in [5.74, 6) is 1.27. The first-order chi connectivity index (χ1) is 10.7. The molecule has 0 amide bonds. The zero-order chi connectivity index (χ0) is 15.1. The first-order valence-electron chi connectivity index (χ1n) is 6.77. The van der Waals surface area contributed by atoms with Gasteiger partial charge in [0.1, 0.15) is 17.2 Å². The van der Waals surface area contributed by atoms with Gasteiger partial charge in [0.25, 0.3) is 0 Å². The van der Waals surface area contributed by atoms with Crippen LogP contribution in [0.25, 0.3) is 28.1 Å². The number of imidazole rings is 1. The zero-order valence-electron chi connectivity index (χ0n) is 11.9. The number of rotatable bonds is 2. The molecule has 0 aliphatic carbocycles. The average Bonchev–Trinajstić information content (AvgIpc) is 3.14. The van der Waals surface area contributed by atoms with Crippen LogP contribution in [0.15, 0.2) is 48.9 Å². The fourth-order valence-electron chi connectivity index (χ4n) is 2.49. The van der Waals surface area contributed by atoms with Crippen LogP contribution in [0.1, 0.15) is 0 Å². The van der Waals surface area contributed by atoms with Crippen molar-refractivity contribution < 1.29 is 0 Å². The lowest BCUT2D eigenvalue weighted by molar-refractivity contribution is 0.736. The van der Waals surface area contributed by atoms with Gasteiger partial charge in [0.15, 0.2) is 0 Å². The monoisotopic (exact) mass is 291 g/mol. The smallest absolute Gasteiger partial charge is 0.144 e. The summed E-state index contributed by atoms with van der Waals surface area (Å²) in [6.07, 6.45) is 5.34. The predicted molar refractivity (Wildman–Crippen MR) is 83.3 cm³/mol. The van der Waals surface area contributed by atoms with Gasteiger partial charge in [0.2, 0.25) is 0 Å². The van der Waals surface area contributed by atoms with E-state index in [0.717, 1.165) is 28.1 Å². The molecular formula is C15H13N7. The molecule has 0 atom stereocenters. The maximum absolute atomic E-state index is 5.76. The summed E-state index contributed by atoms with van der Waals surface area (Å²) < 4.78 is 3.74. The van der Waals surface area contributed by atoms with E-state index in [0.29, 0.717) is 5.82 Å². The number of aryl methyl sites for hydroxylation is 1. The summed E-state index contributed by atoms with van der Waals surface area (Å²) in [6, 6.07) is 9.69. The molecule has 0 saturated heterocycles. The van der Waals surface area contributed by atoms with Crippen molar-refractivity contribution in [3.63, 3.8) is 0 Å². The Bertz CT molecular complexity index is 967. The van der Waals surface area contributed by atoms with Crippen LogP contribution in [-0.4, -0.2) is 29.5 Å². The van der Waals surface area contributed by atoms with Crippen molar-refractivity contribution in [1.29, 1.82) is 0 Å². The van der Waals surface area contributed by atoms with E-state index in [1.54, 1.807) is 23.1 Å². The van der Waals surface area contributed by atoms with Crippen LogP contribution < -0.4 is 5.73 Å². The van der Waals surface area contributed by atoms with Crippen molar-refractivity contribution in [2.24, 2.45) is 7.05 Å². The maximum Gasteiger partial charge on any atom is 0.144 e. The molecule has 3 aromatic heterocycles. The molecule has 0 spiro atoms. The highest BCUT2D eigenvalue weighted by atomic mass is 15.4. The van der Waals surface area contributed by atoms with Gasteiger partial charge in [0.05, 0.1) is 5.52 Å². The van der Waals surface area contributed by atoms with Gasteiger partial charge in [-0.1, -0.05) is 5.21 Å². The van der Waals surface area contributed by atoms with Crippen molar-refractivity contribution in [3.05, 3.63) is 48.9 Å². The summed E-state index contributed by atoms with van der Waals surface area (Å²) in [4.78, 5) is 8.44. The van der Waals surface area contributed by atoms with Gasteiger partial charge in [-0.3, -0.25) is 4.57 Å². The molecule has 0 aliphatic heterocycles. The number of hydrogen-bond acceptors (Lipinski definition) is 5. The third-order valence-corrected chi connectivity index (χ3v) is 3.55. The molecular weight excluding hydrogens is 278 g/mol. The van der Waals surface area contributed by atoms with Gasteiger partial charge in [-0.15, -0.1) is 5.10 Å². The number of nitrogens with zero attached hydrogens (tertiary/aromatic N) is 6. The lowest BCUT2D eigenvalue weighted by Gasteiger charge is -2.08. The largest absolute Gasteiger partial charge is 0.384 e. The summed E-state index contributed by atoms with van der Waals surface area (Å²) in [5, 5.41) is 8.18. The normalized spacial score (nSPS) is 11.1. The molecule has 0 aliphatic rings. The van der Waals surface area contributed by atoms with Crippen LogP contribution >= 0.6 is 0 Å². The molecule has 7 nitrogen and oxygen atoms in total. The highest BCUT2D eigenvalue weighted by molar-refractivity contribution is 5.77. The lowest BCUT2D eigenvalue weighted by atomic mass is 10.2. The Morgan fingerprint density at radius 1 is 1.05 bits per heavy atom. The number of fused-ring (bicyclic) bond motifs is 1. The molecule has 1 aromatic carbocycles. The van der Waals surface area contributed by atoms with Crippen molar-refractivity contribution in [3.8, 4) is 17.1 Å². The van der Waals surface area contributed by atoms with Crippen LogP contribution in [0.5, 0.6) is 0 Å². The van der Waals surface area contributed by atoms with Crippen molar-refractivity contribution in [1.82, 2.24) is 29.5 Å². The van der Waals surface area contributed by atoms with Crippen molar-refractivity contribution >= 4 is 16.9 Å². The van der Waals surface area contributed by atoms with Crippen molar-refractivity contribution in [2.45, 2.75) is 0 Å². The standard InChI is InChI=1S/C15H13N7/c1-21-13-3-2-11(9-12(13)19-20-21)22-7-6-18-15(22)10-4-5-17-14(16)8-10/h2-9H,1H3,(H2,16,17). The number of pyridine rings is 1. The fourth-order valence-corrected chi connectivity index (χ4v) is 2.49. The van der Waals surface area contributed by atoms with Crippen LogP contribution in [0, 0.1) is 0 Å². The van der Waals surface area contributed by atoms with Gasteiger partial charge < -0.3 is 5.73 Å². The second kappa shape index (κ2) is 4.66. The fraction of sp³-hybridized carbons (Fsp3) is 0.0667. The van der Waals surface area contributed by atoms with Crippen LogP contribution in [0.3, 0.4) is 0 Å². The predicted octanol–water partition coefficient (Wildman–Crippen LogP) is 1.80. The van der Waals surface area contributed by atoms with E-state index < -0.39 is 0 Å². The van der Waals surface area contributed by atoms with E-state index in [1.165, 1.54) is 0 Å². The minimum Gasteiger partial charge on any atom is -0.384 e. The van der Waals surface area contributed by atoms with E-state index >= 15 is 0 Å². The van der Waals surface area contributed by atoms with E-state index in [1.807, 2.05) is 42.1 Å². The molecule has 4 rings (SSSR count). The third kappa shape index (κ3) is 1.91. The zero-order valence-corrected chi connectivity index (χ0v) is 11.9. The number of nitrogen functional groups attached to an aromatic ring is 1. The molecule has 4 aromatic rings. The maximum atomic E-state index is 5.76. The Kier molecular flexibility index (Phi) is 2.65. The molecule has 22 heavy (non-hydrogen) atoms. The van der Waals surface area contributed by atoms with Gasteiger partial charge in [-0.2, -0.15) is 0 Å². The number of benzene rings is 1. The molecule has 7 heteroatoms. The van der Waals surface area contributed by atoms with Crippen LogP contribution in [0.2, 0.25) is 0 Å². The Hall–Kier alpha value is -3.22. The molecule has 108 valence electrons. The van der Waals surface area contributed by atoms with E-state index in [2.05, 4.69) is 20.3 Å². The Labute approximate surface area is 126 Å². The van der Waals surface area contributed by atoms with Crippen LogP contribution in [-0.2, 0) is 7.05 Å². The highest BCUT2D eigenvalue weighted by Gasteiger charge is 2.10. The van der Waals surface area contributed by atoms with Gasteiger partial charge in [-0.05, 0) is 30.3 Å². The van der Waals surface area contributed by atoms with Gasteiger partial charge >= 0.3 is 0 Å².